The molecule has 0 aliphatic carbocycles. The molecule has 0 spiro atoms. The summed E-state index contributed by atoms with van der Waals surface area (Å²) in [7, 11) is 27.4. The lowest BCUT2D eigenvalue weighted by Gasteiger charge is -2.59. The summed E-state index contributed by atoms with van der Waals surface area (Å²) >= 11 is 0. The van der Waals surface area contributed by atoms with Crippen LogP contribution in [0.3, 0.4) is 0 Å². The van der Waals surface area contributed by atoms with Gasteiger partial charge in [0.15, 0.2) is 7.85 Å². The fraction of sp³-hybridized carbons (Fsp3) is 0.917. The molecule has 0 aromatic rings. The fourth-order valence-corrected chi connectivity index (χ4v) is 2.51. The van der Waals surface area contributed by atoms with Crippen LogP contribution in [0.15, 0.2) is 0 Å². The number of carbonyl (C=O) groups is 1. The van der Waals surface area contributed by atoms with Gasteiger partial charge in [0.2, 0.25) is 0 Å². The standard InChI is InChI=1S/C12H13B5F6N2O2/c1-8(2,3)24-4-9(15,16)25(6(14)5(24)13)7(26)27-10(17,11(18,19)20)12(21,22)23/h5-6H,4H2,1-3H3. The van der Waals surface area contributed by atoms with E-state index in [9.17, 15) is 31.1 Å². The van der Waals surface area contributed by atoms with Crippen molar-refractivity contribution in [3.8, 4) is 0 Å². The third-order valence-electron chi connectivity index (χ3n) is 4.03. The summed E-state index contributed by atoms with van der Waals surface area (Å²) in [6.45, 7) is 4.63. The number of halogens is 6. The van der Waals surface area contributed by atoms with Crippen molar-refractivity contribution in [1.29, 1.82) is 0 Å². The maximum Gasteiger partial charge on any atom is 0.427 e. The zero-order chi connectivity index (χ0) is 21.8. The Morgan fingerprint density at radius 3 is 1.74 bits per heavy atom. The predicted molar refractivity (Wildman–Crippen MR) is 88.7 cm³/mol. The monoisotopic (exact) mass is 386 g/mol. The minimum Gasteiger partial charge on any atom is -0.434 e. The van der Waals surface area contributed by atoms with Crippen molar-refractivity contribution in [2.45, 2.75) is 61.4 Å². The van der Waals surface area contributed by atoms with E-state index >= 15 is 0 Å². The first kappa shape index (κ1) is 24.2. The first-order valence-electron chi connectivity index (χ1n) is 7.47. The van der Waals surface area contributed by atoms with Gasteiger partial charge in [-0.05, 0) is 32.1 Å². The van der Waals surface area contributed by atoms with E-state index in [1.807, 2.05) is 0 Å². The maximum absolute atomic E-state index is 12.8. The van der Waals surface area contributed by atoms with Gasteiger partial charge in [0.25, 0.3) is 5.50 Å². The number of hydrogen-bond acceptors (Lipinski definition) is 3. The summed E-state index contributed by atoms with van der Waals surface area (Å²) in [5, 5.41) is -2.29. The molecule has 10 radical (unpaired) electrons. The van der Waals surface area contributed by atoms with Gasteiger partial charge < -0.3 is 14.5 Å². The highest BCUT2D eigenvalue weighted by molar-refractivity contribution is 6.42. The van der Waals surface area contributed by atoms with Crippen molar-refractivity contribution < 1.29 is 35.9 Å². The van der Waals surface area contributed by atoms with Gasteiger partial charge in [-0.2, -0.15) is 26.3 Å². The van der Waals surface area contributed by atoms with Crippen LogP contribution in [0.5, 0.6) is 0 Å². The third kappa shape index (κ3) is 4.43. The Balaban J connectivity index is 3.27. The summed E-state index contributed by atoms with van der Waals surface area (Å²) in [6, 6.07) is 0. The molecule has 1 saturated heterocycles. The average molecular weight is 385 g/mol. The van der Waals surface area contributed by atoms with E-state index in [1.165, 1.54) is 4.90 Å². The number of alkyl halides is 6. The van der Waals surface area contributed by atoms with E-state index < -0.39 is 53.2 Å². The molecule has 0 N–H and O–H groups in total. The van der Waals surface area contributed by atoms with Gasteiger partial charge in [-0.25, -0.2) is 4.79 Å². The molecule has 1 amide bonds. The summed E-state index contributed by atoms with van der Waals surface area (Å²) < 4.78 is 80.7. The quantitative estimate of drug-likeness (QED) is 0.487. The van der Waals surface area contributed by atoms with Crippen LogP contribution in [-0.4, -0.2) is 102 Å². The van der Waals surface area contributed by atoms with Crippen LogP contribution in [-0.2, 0) is 4.74 Å². The molecule has 0 aromatic heterocycles. The zero-order valence-electron chi connectivity index (χ0n) is 14.7. The van der Waals surface area contributed by atoms with Gasteiger partial charge in [0.05, 0.1) is 23.5 Å². The Bertz CT molecular complexity index is 566. The van der Waals surface area contributed by atoms with Crippen molar-refractivity contribution in [3.63, 3.8) is 0 Å². The summed E-state index contributed by atoms with van der Waals surface area (Å²) in [5.74, 6) is -2.91. The van der Waals surface area contributed by atoms with Gasteiger partial charge in [0, 0.05) is 18.0 Å². The molecular weight excluding hydrogens is 372 g/mol. The third-order valence-corrected chi connectivity index (χ3v) is 4.03. The highest BCUT2D eigenvalue weighted by Crippen LogP contribution is 2.44. The lowest BCUT2D eigenvalue weighted by atomic mass is 9.55. The molecule has 1 fully saturated rings. The summed E-state index contributed by atoms with van der Waals surface area (Å²) in [4.78, 5) is 13.7. The van der Waals surface area contributed by atoms with E-state index in [1.54, 1.807) is 20.8 Å². The molecule has 2 atom stereocenters. The van der Waals surface area contributed by atoms with Gasteiger partial charge in [0.1, 0.15) is 7.85 Å². The van der Waals surface area contributed by atoms with Crippen molar-refractivity contribution >= 4 is 45.3 Å². The molecule has 15 heteroatoms. The van der Waals surface area contributed by atoms with Crippen LogP contribution >= 0.6 is 0 Å². The van der Waals surface area contributed by atoms with Crippen LogP contribution in [0, 0.1) is 0 Å². The molecule has 0 aromatic carbocycles. The number of amides is 1. The van der Waals surface area contributed by atoms with Crippen LogP contribution in [0.1, 0.15) is 20.8 Å². The highest BCUT2D eigenvalue weighted by Gasteiger charge is 2.70. The Labute approximate surface area is 159 Å². The van der Waals surface area contributed by atoms with Gasteiger partial charge in [-0.3, -0.25) is 0 Å². The van der Waals surface area contributed by atoms with Gasteiger partial charge >= 0.3 is 18.4 Å². The molecule has 2 unspecified atom stereocenters. The molecule has 140 valence electrons. The van der Waals surface area contributed by atoms with Gasteiger partial charge in [-0.1, -0.05) is 0 Å². The van der Waals surface area contributed by atoms with E-state index in [4.69, 9.17) is 31.4 Å². The van der Waals surface area contributed by atoms with Crippen LogP contribution in [0.25, 0.3) is 0 Å². The molecule has 1 aliphatic rings. The molecule has 1 aliphatic heterocycles. The van der Waals surface area contributed by atoms with E-state index in [-0.39, 0.29) is 4.90 Å². The lowest BCUT2D eigenvalue weighted by molar-refractivity contribution is -0.331. The van der Waals surface area contributed by atoms with Crippen molar-refractivity contribution in [1.82, 2.24) is 9.80 Å². The molecule has 1 heterocycles. The molecule has 0 bridgehead atoms. The normalized spacial score (nSPS) is 25.3. The first-order valence-corrected chi connectivity index (χ1v) is 7.47. The van der Waals surface area contributed by atoms with E-state index in [0.717, 1.165) is 0 Å². The van der Waals surface area contributed by atoms with Crippen molar-refractivity contribution in [3.05, 3.63) is 0 Å². The van der Waals surface area contributed by atoms with E-state index in [0.29, 0.717) is 0 Å². The van der Waals surface area contributed by atoms with Crippen molar-refractivity contribution in [2.24, 2.45) is 0 Å². The molecule has 4 nitrogen and oxygen atoms in total. The minimum atomic E-state index is -6.17. The Kier molecular flexibility index (Phi) is 6.16. The first-order chi connectivity index (χ1) is 11.7. The molecule has 1 rings (SSSR count). The number of hydrogen-bond donors (Lipinski definition) is 0. The van der Waals surface area contributed by atoms with Crippen LogP contribution < -0.4 is 0 Å². The molecule has 0 saturated carbocycles. The average Bonchev–Trinajstić information content (AvgIpc) is 2.38. The van der Waals surface area contributed by atoms with E-state index in [2.05, 4.69) is 12.6 Å². The summed E-state index contributed by atoms with van der Waals surface area (Å²) in [6.07, 6.45) is -14.6. The van der Waals surface area contributed by atoms with Crippen LogP contribution in [0.4, 0.5) is 31.1 Å². The highest BCUT2D eigenvalue weighted by atomic mass is 19.4. The Hall–Kier alpha value is -0.865. The molecule has 27 heavy (non-hydrogen) atoms. The zero-order valence-corrected chi connectivity index (χ0v) is 14.7. The largest absolute Gasteiger partial charge is 0.434 e. The predicted octanol–water partition coefficient (Wildman–Crippen LogP) is 0.508. The minimum absolute atomic E-state index is 0.110. The second kappa shape index (κ2) is 6.88. The topological polar surface area (TPSA) is 32.8 Å². The number of carbonyl (C=O) groups excluding carboxylic acids is 1. The second-order valence-electron chi connectivity index (χ2n) is 7.24. The Morgan fingerprint density at radius 2 is 1.41 bits per heavy atom. The molecular formula is C12H13B5F6N2O2. The number of ether oxygens (including phenoxy) is 1. The number of nitrogens with zero attached hydrogens (tertiary/aromatic N) is 2. The fourth-order valence-electron chi connectivity index (χ4n) is 2.51. The SMILES string of the molecule is [B]C1C([B])N(C(=O)OC([B])(C(F)(F)F)C(F)(F)F)C([B])([B])CN1C(C)(C)C. The summed E-state index contributed by atoms with van der Waals surface area (Å²) in [5.41, 5.74) is -5.98. The van der Waals surface area contributed by atoms with Crippen molar-refractivity contribution in [2.75, 3.05) is 6.54 Å². The van der Waals surface area contributed by atoms with Gasteiger partial charge in [-0.15, -0.1) is 0 Å². The number of piperazine rings is 1. The van der Waals surface area contributed by atoms with Crippen LogP contribution in [0.2, 0.25) is 0 Å². The lowest BCUT2D eigenvalue weighted by Crippen LogP contribution is -2.76. The Morgan fingerprint density at radius 1 is 1.00 bits per heavy atom. The maximum atomic E-state index is 12.8. The second-order valence-corrected chi connectivity index (χ2v) is 7.24. The smallest absolute Gasteiger partial charge is 0.427 e. The number of rotatable bonds is 1.